The molecular formula is C54H53NO. The van der Waals surface area contributed by atoms with Crippen LogP contribution in [0.25, 0.3) is 44.2 Å². The van der Waals surface area contributed by atoms with Gasteiger partial charge in [-0.2, -0.15) is 0 Å². The van der Waals surface area contributed by atoms with Crippen LogP contribution in [0, 0.1) is 23.7 Å². The maximum Gasteiger partial charge on any atom is 0.135 e. The standard InChI is InChI=1S/C54H53NO/c1-5-35-30-36(6-2)54(47(31-35)34(3)4)45-20-11-8-18-42(45)52-46(54)21-15-22-49(52)55(37-25-27-51-43(32-37)41-17-9-12-23-50(41)56-51)38-24-26-40-39-16-7-10-19-44(39)53(48(40)33-38)28-13-14-29-53/h7-12,15-27,32-36,47H,5-6,13-14,28-31H2,1-4H3. The van der Waals surface area contributed by atoms with Crippen LogP contribution >= 0.6 is 0 Å². The van der Waals surface area contributed by atoms with Crippen LogP contribution < -0.4 is 4.90 Å². The minimum atomic E-state index is -0.0135. The third-order valence-corrected chi connectivity index (χ3v) is 15.3. The summed E-state index contributed by atoms with van der Waals surface area (Å²) >= 11 is 0. The summed E-state index contributed by atoms with van der Waals surface area (Å²) in [5.41, 5.74) is 17.5. The number of furan rings is 1. The first-order valence-corrected chi connectivity index (χ1v) is 21.7. The van der Waals surface area contributed by atoms with Gasteiger partial charge in [0.1, 0.15) is 11.2 Å². The molecule has 4 unspecified atom stereocenters. The van der Waals surface area contributed by atoms with E-state index < -0.39 is 0 Å². The van der Waals surface area contributed by atoms with Crippen molar-refractivity contribution in [3.8, 4) is 22.3 Å². The second-order valence-electron chi connectivity index (χ2n) is 18.0. The Balaban J connectivity index is 1.19. The third-order valence-electron chi connectivity index (χ3n) is 15.3. The quantitative estimate of drug-likeness (QED) is 0.169. The molecule has 0 amide bonds. The largest absolute Gasteiger partial charge is 0.456 e. The van der Waals surface area contributed by atoms with E-state index in [0.717, 1.165) is 22.5 Å². The van der Waals surface area contributed by atoms with E-state index in [9.17, 15) is 0 Å². The summed E-state index contributed by atoms with van der Waals surface area (Å²) in [5.74, 6) is 2.53. The number of hydrogen-bond donors (Lipinski definition) is 0. The van der Waals surface area contributed by atoms with E-state index in [1.54, 1.807) is 11.1 Å². The average Bonchev–Trinajstić information content (AvgIpc) is 4.01. The second kappa shape index (κ2) is 12.7. The topological polar surface area (TPSA) is 16.4 Å². The Morgan fingerprint density at radius 2 is 1.29 bits per heavy atom. The molecule has 4 aliphatic rings. The number of para-hydroxylation sites is 1. The van der Waals surface area contributed by atoms with Gasteiger partial charge in [-0.3, -0.25) is 0 Å². The number of benzene rings is 6. The summed E-state index contributed by atoms with van der Waals surface area (Å²) in [6.45, 7) is 9.88. The Kier molecular flexibility index (Phi) is 7.77. The van der Waals surface area contributed by atoms with E-state index in [1.165, 1.54) is 107 Å². The second-order valence-corrected chi connectivity index (χ2v) is 18.0. The van der Waals surface area contributed by atoms with Gasteiger partial charge >= 0.3 is 0 Å². The molecule has 2 fully saturated rings. The summed E-state index contributed by atoms with van der Waals surface area (Å²) in [6, 6.07) is 49.0. The zero-order valence-corrected chi connectivity index (χ0v) is 33.4. The maximum atomic E-state index is 6.41. The minimum absolute atomic E-state index is 0.0135. The molecule has 1 heterocycles. The highest BCUT2D eigenvalue weighted by Gasteiger charge is 2.57. The summed E-state index contributed by atoms with van der Waals surface area (Å²) in [5, 5.41) is 2.33. The zero-order chi connectivity index (χ0) is 37.8. The SMILES string of the molecule is CCC1CC(CC)C2(c3ccccc3-c3c(N(c4ccc5c(c4)C4(CCCC4)c4ccccc4-5)c4ccc5oc6ccccc6c5c4)cccc32)C(C(C)C)C1. The summed E-state index contributed by atoms with van der Waals surface area (Å²) in [4.78, 5) is 2.62. The fourth-order valence-corrected chi connectivity index (χ4v) is 12.9. The predicted octanol–water partition coefficient (Wildman–Crippen LogP) is 15.3. The van der Waals surface area contributed by atoms with Crippen LogP contribution in [0.1, 0.15) is 101 Å². The maximum absolute atomic E-state index is 6.41. The lowest BCUT2D eigenvalue weighted by molar-refractivity contribution is 0.0635. The van der Waals surface area contributed by atoms with Crippen molar-refractivity contribution in [2.45, 2.75) is 89.9 Å². The molecule has 0 N–H and O–H groups in total. The lowest BCUT2D eigenvalue weighted by Gasteiger charge is -2.53. The van der Waals surface area contributed by atoms with Gasteiger partial charge in [0, 0.05) is 38.5 Å². The van der Waals surface area contributed by atoms with E-state index in [1.807, 2.05) is 0 Å². The molecule has 2 saturated carbocycles. The Hall–Kier alpha value is -5.08. The fraction of sp³-hybridized carbons (Fsp3) is 0.333. The summed E-state index contributed by atoms with van der Waals surface area (Å²) in [7, 11) is 0. The van der Waals surface area contributed by atoms with Crippen molar-refractivity contribution >= 4 is 39.0 Å². The number of hydrogen-bond acceptors (Lipinski definition) is 2. The number of nitrogens with zero attached hydrogens (tertiary/aromatic N) is 1. The molecule has 0 aliphatic heterocycles. The molecule has 1 aromatic heterocycles. The van der Waals surface area contributed by atoms with Crippen LogP contribution in [0.3, 0.4) is 0 Å². The Labute approximate surface area is 332 Å². The van der Waals surface area contributed by atoms with Crippen LogP contribution in [-0.2, 0) is 10.8 Å². The van der Waals surface area contributed by atoms with E-state index in [0.29, 0.717) is 17.8 Å². The van der Waals surface area contributed by atoms with Gasteiger partial charge in [-0.25, -0.2) is 0 Å². The van der Waals surface area contributed by atoms with Crippen LogP contribution in [-0.4, -0.2) is 0 Å². The molecule has 7 aromatic rings. The molecule has 2 heteroatoms. The van der Waals surface area contributed by atoms with Gasteiger partial charge in [0.05, 0.1) is 5.69 Å². The highest BCUT2D eigenvalue weighted by Crippen LogP contribution is 2.66. The lowest BCUT2D eigenvalue weighted by Crippen LogP contribution is -2.49. The van der Waals surface area contributed by atoms with Crippen molar-refractivity contribution in [3.63, 3.8) is 0 Å². The summed E-state index contributed by atoms with van der Waals surface area (Å²) in [6.07, 6.45) is 10.1. The third kappa shape index (κ3) is 4.56. The van der Waals surface area contributed by atoms with Crippen LogP contribution in [0.4, 0.5) is 17.1 Å². The van der Waals surface area contributed by atoms with E-state index in [4.69, 9.17) is 4.42 Å². The molecule has 2 nitrogen and oxygen atoms in total. The van der Waals surface area contributed by atoms with Gasteiger partial charge in [-0.15, -0.1) is 0 Å². The number of rotatable bonds is 6. The molecule has 280 valence electrons. The van der Waals surface area contributed by atoms with Crippen molar-refractivity contribution in [3.05, 3.63) is 150 Å². The first-order valence-electron chi connectivity index (χ1n) is 21.7. The van der Waals surface area contributed by atoms with Gasteiger partial charge in [0.15, 0.2) is 0 Å². The molecular weight excluding hydrogens is 679 g/mol. The molecule has 4 atom stereocenters. The lowest BCUT2D eigenvalue weighted by atomic mass is 9.50. The normalized spacial score (nSPS) is 22.9. The molecule has 11 rings (SSSR count). The van der Waals surface area contributed by atoms with Crippen molar-refractivity contribution < 1.29 is 4.42 Å². The molecule has 6 aromatic carbocycles. The Morgan fingerprint density at radius 3 is 2.09 bits per heavy atom. The van der Waals surface area contributed by atoms with Crippen molar-refractivity contribution in [1.82, 2.24) is 0 Å². The van der Waals surface area contributed by atoms with E-state index >= 15 is 0 Å². The Morgan fingerprint density at radius 1 is 0.607 bits per heavy atom. The molecule has 2 spiro atoms. The minimum Gasteiger partial charge on any atom is -0.456 e. The fourth-order valence-electron chi connectivity index (χ4n) is 12.9. The summed E-state index contributed by atoms with van der Waals surface area (Å²) < 4.78 is 6.41. The van der Waals surface area contributed by atoms with E-state index in [2.05, 4.69) is 160 Å². The van der Waals surface area contributed by atoms with Gasteiger partial charge in [-0.05, 0) is 131 Å². The van der Waals surface area contributed by atoms with Crippen molar-refractivity contribution in [1.29, 1.82) is 0 Å². The average molecular weight is 732 g/mol. The van der Waals surface area contributed by atoms with Gasteiger partial charge < -0.3 is 9.32 Å². The first kappa shape index (κ1) is 34.2. The van der Waals surface area contributed by atoms with Crippen molar-refractivity contribution in [2.24, 2.45) is 23.7 Å². The molecule has 0 bridgehead atoms. The Bertz CT molecular complexity index is 2650. The highest BCUT2D eigenvalue weighted by atomic mass is 16.3. The molecule has 56 heavy (non-hydrogen) atoms. The van der Waals surface area contributed by atoms with Crippen LogP contribution in [0.15, 0.2) is 132 Å². The predicted molar refractivity (Wildman–Crippen MR) is 234 cm³/mol. The highest BCUT2D eigenvalue weighted by molar-refractivity contribution is 6.07. The van der Waals surface area contributed by atoms with Crippen LogP contribution in [0.2, 0.25) is 0 Å². The van der Waals surface area contributed by atoms with Gasteiger partial charge in [-0.1, -0.05) is 138 Å². The molecule has 4 aliphatic carbocycles. The smallest absolute Gasteiger partial charge is 0.135 e. The zero-order valence-electron chi connectivity index (χ0n) is 33.4. The monoisotopic (exact) mass is 731 g/mol. The number of fused-ring (bicyclic) bond motifs is 13. The van der Waals surface area contributed by atoms with Gasteiger partial charge in [0.2, 0.25) is 0 Å². The van der Waals surface area contributed by atoms with Crippen LogP contribution in [0.5, 0.6) is 0 Å². The molecule has 0 saturated heterocycles. The molecule has 0 radical (unpaired) electrons. The van der Waals surface area contributed by atoms with E-state index in [-0.39, 0.29) is 10.8 Å². The van der Waals surface area contributed by atoms with Gasteiger partial charge in [0.25, 0.3) is 0 Å². The first-order chi connectivity index (χ1) is 27.5. The van der Waals surface area contributed by atoms with Crippen molar-refractivity contribution in [2.75, 3.05) is 4.90 Å². The number of anilines is 3.